The second-order valence-corrected chi connectivity index (χ2v) is 9.53. The summed E-state index contributed by atoms with van der Waals surface area (Å²) in [6.07, 6.45) is 4.72. The van der Waals surface area contributed by atoms with Crippen molar-refractivity contribution in [2.75, 3.05) is 13.1 Å². The van der Waals surface area contributed by atoms with E-state index in [1.807, 2.05) is 66.9 Å². The van der Waals surface area contributed by atoms with Crippen molar-refractivity contribution < 1.29 is 9.53 Å². The maximum atomic E-state index is 12.7. The van der Waals surface area contributed by atoms with E-state index in [0.29, 0.717) is 5.69 Å². The molecule has 0 bridgehead atoms. The summed E-state index contributed by atoms with van der Waals surface area (Å²) in [6, 6.07) is 18.7. The Morgan fingerprint density at radius 3 is 2.42 bits per heavy atom. The Bertz CT molecular complexity index is 1190. The quantitative estimate of drug-likeness (QED) is 0.405. The summed E-state index contributed by atoms with van der Waals surface area (Å²) in [6.45, 7) is 9.63. The molecule has 4 atom stereocenters. The molecule has 0 saturated carbocycles. The zero-order chi connectivity index (χ0) is 25.5. The number of ether oxygens (including phenoxy) is 1. The van der Waals surface area contributed by atoms with E-state index in [2.05, 4.69) is 53.3 Å². The molecule has 0 radical (unpaired) electrons. The number of hydrogen-bond acceptors (Lipinski definition) is 4. The molecule has 2 aromatic carbocycles. The third kappa shape index (κ3) is 6.22. The van der Waals surface area contributed by atoms with Gasteiger partial charge in [0, 0.05) is 18.7 Å². The SMILES string of the molecule is CCN(CC)C(=O)[C@H](C)[C@H]1CC[C@@H](C[C@@H](C)n2cc(C#Cc3ccc(-c4ccccc4)cc3)nn2)O1. The molecule has 1 fully saturated rings. The molecule has 0 N–H and O–H groups in total. The predicted octanol–water partition coefficient (Wildman–Crippen LogP) is 5.35. The van der Waals surface area contributed by atoms with Gasteiger partial charge >= 0.3 is 0 Å². The van der Waals surface area contributed by atoms with Crippen molar-refractivity contribution in [2.45, 2.75) is 65.2 Å². The molecule has 0 unspecified atom stereocenters. The molecule has 6 nitrogen and oxygen atoms in total. The van der Waals surface area contributed by atoms with Gasteiger partial charge in [0.05, 0.1) is 30.4 Å². The second-order valence-electron chi connectivity index (χ2n) is 9.53. The third-order valence-corrected chi connectivity index (χ3v) is 7.06. The maximum Gasteiger partial charge on any atom is 0.228 e. The Morgan fingerprint density at radius 1 is 1.03 bits per heavy atom. The van der Waals surface area contributed by atoms with Gasteiger partial charge in [-0.25, -0.2) is 4.68 Å². The Kier molecular flexibility index (Phi) is 8.56. The molecule has 4 rings (SSSR count). The van der Waals surface area contributed by atoms with Gasteiger partial charge in [0.15, 0.2) is 5.69 Å². The van der Waals surface area contributed by atoms with Crippen LogP contribution in [-0.2, 0) is 9.53 Å². The Balaban J connectivity index is 1.31. The summed E-state index contributed by atoms with van der Waals surface area (Å²) in [5.41, 5.74) is 3.95. The number of amides is 1. The van der Waals surface area contributed by atoms with Crippen LogP contribution in [0.2, 0.25) is 0 Å². The van der Waals surface area contributed by atoms with Crippen molar-refractivity contribution >= 4 is 5.91 Å². The normalized spacial score (nSPS) is 18.8. The van der Waals surface area contributed by atoms with Crippen molar-refractivity contribution in [2.24, 2.45) is 5.92 Å². The standard InChI is InChI=1S/C30H36N4O2/c1-5-33(6-2)30(35)23(4)29-19-18-28(36-29)20-22(3)34-21-27(31-32-34)17-14-24-12-15-26(16-13-24)25-10-8-7-9-11-25/h7-13,15-16,21-23,28-29H,5-6,18-20H2,1-4H3/t22-,23-,28+,29-/m1/s1. The van der Waals surface area contributed by atoms with E-state index < -0.39 is 0 Å². The number of hydrogen-bond donors (Lipinski definition) is 0. The first-order chi connectivity index (χ1) is 17.5. The van der Waals surface area contributed by atoms with E-state index >= 15 is 0 Å². The van der Waals surface area contributed by atoms with Gasteiger partial charge in [-0.3, -0.25) is 4.79 Å². The van der Waals surface area contributed by atoms with Crippen LogP contribution in [0.15, 0.2) is 60.8 Å². The van der Waals surface area contributed by atoms with Gasteiger partial charge in [-0.2, -0.15) is 0 Å². The Labute approximate surface area is 214 Å². The minimum atomic E-state index is -0.111. The fourth-order valence-electron chi connectivity index (χ4n) is 4.81. The van der Waals surface area contributed by atoms with Crippen LogP contribution < -0.4 is 0 Å². The van der Waals surface area contributed by atoms with Gasteiger partial charge in [0.2, 0.25) is 5.91 Å². The van der Waals surface area contributed by atoms with Gasteiger partial charge < -0.3 is 9.64 Å². The fourth-order valence-corrected chi connectivity index (χ4v) is 4.81. The van der Waals surface area contributed by atoms with Crippen LogP contribution in [0.1, 0.15) is 64.3 Å². The lowest BCUT2D eigenvalue weighted by Crippen LogP contribution is -2.39. The first kappa shape index (κ1) is 25.7. The highest BCUT2D eigenvalue weighted by atomic mass is 16.5. The molecular weight excluding hydrogens is 448 g/mol. The molecule has 1 aliphatic heterocycles. The zero-order valence-corrected chi connectivity index (χ0v) is 21.7. The van der Waals surface area contributed by atoms with Crippen LogP contribution in [0, 0.1) is 17.8 Å². The van der Waals surface area contributed by atoms with E-state index in [1.165, 1.54) is 11.1 Å². The molecule has 36 heavy (non-hydrogen) atoms. The summed E-state index contributed by atoms with van der Waals surface area (Å²) in [4.78, 5) is 14.6. The van der Waals surface area contributed by atoms with Crippen molar-refractivity contribution in [3.63, 3.8) is 0 Å². The van der Waals surface area contributed by atoms with Crippen LogP contribution in [0.4, 0.5) is 0 Å². The highest BCUT2D eigenvalue weighted by molar-refractivity contribution is 5.79. The number of aromatic nitrogens is 3. The Morgan fingerprint density at radius 2 is 1.72 bits per heavy atom. The van der Waals surface area contributed by atoms with Gasteiger partial charge in [-0.1, -0.05) is 60.5 Å². The molecule has 2 heterocycles. The van der Waals surface area contributed by atoms with Crippen LogP contribution in [-0.4, -0.2) is 51.1 Å². The number of carbonyl (C=O) groups is 1. The summed E-state index contributed by atoms with van der Waals surface area (Å²) in [5.74, 6) is 6.39. The van der Waals surface area contributed by atoms with Crippen LogP contribution >= 0.6 is 0 Å². The minimum Gasteiger partial charge on any atom is -0.374 e. The topological polar surface area (TPSA) is 60.2 Å². The van der Waals surface area contributed by atoms with Crippen molar-refractivity contribution in [1.82, 2.24) is 19.9 Å². The summed E-state index contributed by atoms with van der Waals surface area (Å²) in [7, 11) is 0. The number of benzene rings is 2. The molecule has 188 valence electrons. The average Bonchev–Trinajstić information content (AvgIpc) is 3.58. The van der Waals surface area contributed by atoms with E-state index in [-0.39, 0.29) is 30.1 Å². The van der Waals surface area contributed by atoms with E-state index in [0.717, 1.165) is 37.9 Å². The molecule has 0 spiro atoms. The molecule has 1 aromatic heterocycles. The summed E-state index contributed by atoms with van der Waals surface area (Å²) in [5, 5.41) is 8.54. The monoisotopic (exact) mass is 484 g/mol. The lowest BCUT2D eigenvalue weighted by atomic mass is 9.99. The summed E-state index contributed by atoms with van der Waals surface area (Å²) < 4.78 is 8.16. The smallest absolute Gasteiger partial charge is 0.228 e. The maximum absolute atomic E-state index is 12.7. The average molecular weight is 485 g/mol. The van der Waals surface area contributed by atoms with Gasteiger partial charge in [-0.15, -0.1) is 5.10 Å². The van der Waals surface area contributed by atoms with E-state index in [1.54, 1.807) is 0 Å². The molecule has 1 aliphatic rings. The van der Waals surface area contributed by atoms with Crippen molar-refractivity contribution in [3.05, 3.63) is 72.1 Å². The number of nitrogens with zero attached hydrogens (tertiary/aromatic N) is 4. The lowest BCUT2D eigenvalue weighted by molar-refractivity contribution is -0.139. The second kappa shape index (κ2) is 12.0. The Hall–Kier alpha value is -3.43. The highest BCUT2D eigenvalue weighted by Gasteiger charge is 2.35. The van der Waals surface area contributed by atoms with Crippen molar-refractivity contribution in [3.8, 4) is 23.0 Å². The van der Waals surface area contributed by atoms with Gasteiger partial charge in [0.25, 0.3) is 0 Å². The summed E-state index contributed by atoms with van der Waals surface area (Å²) >= 11 is 0. The van der Waals surface area contributed by atoms with Gasteiger partial charge in [0.1, 0.15) is 0 Å². The number of rotatable bonds is 8. The molecule has 0 aliphatic carbocycles. The lowest BCUT2D eigenvalue weighted by Gasteiger charge is -2.26. The molecule has 1 amide bonds. The first-order valence-corrected chi connectivity index (χ1v) is 13.0. The zero-order valence-electron chi connectivity index (χ0n) is 21.7. The van der Waals surface area contributed by atoms with E-state index in [4.69, 9.17) is 4.74 Å². The molecular formula is C30H36N4O2. The van der Waals surface area contributed by atoms with E-state index in [9.17, 15) is 4.79 Å². The van der Waals surface area contributed by atoms with Gasteiger partial charge in [-0.05, 0) is 69.2 Å². The van der Waals surface area contributed by atoms with Crippen LogP contribution in [0.25, 0.3) is 11.1 Å². The van der Waals surface area contributed by atoms with Crippen molar-refractivity contribution in [1.29, 1.82) is 0 Å². The molecule has 1 saturated heterocycles. The highest BCUT2D eigenvalue weighted by Crippen LogP contribution is 2.31. The van der Waals surface area contributed by atoms with Crippen LogP contribution in [0.5, 0.6) is 0 Å². The molecule has 6 heteroatoms. The number of carbonyl (C=O) groups excluding carboxylic acids is 1. The predicted molar refractivity (Wildman–Crippen MR) is 142 cm³/mol. The largest absolute Gasteiger partial charge is 0.374 e. The van der Waals surface area contributed by atoms with Crippen LogP contribution in [0.3, 0.4) is 0 Å². The third-order valence-electron chi connectivity index (χ3n) is 7.06. The minimum absolute atomic E-state index is 0.0132. The first-order valence-electron chi connectivity index (χ1n) is 13.0. The fraction of sp³-hybridized carbons (Fsp3) is 0.433. The molecule has 3 aromatic rings.